The van der Waals surface area contributed by atoms with Crippen molar-refractivity contribution in [2.45, 2.75) is 25.9 Å². The van der Waals surface area contributed by atoms with E-state index in [4.69, 9.17) is 27.9 Å². The van der Waals surface area contributed by atoms with Crippen LogP contribution >= 0.6 is 23.2 Å². The largest absolute Gasteiger partial charge is 0.482 e. The van der Waals surface area contributed by atoms with Gasteiger partial charge in [-0.25, -0.2) is 0 Å². The average Bonchev–Trinajstić information content (AvgIpc) is 2.68. The van der Waals surface area contributed by atoms with Crippen molar-refractivity contribution in [2.24, 2.45) is 0 Å². The summed E-state index contributed by atoms with van der Waals surface area (Å²) >= 11 is 12.0. The number of para-hydroxylation sites is 1. The normalized spacial score (nSPS) is 11.6. The lowest BCUT2D eigenvalue weighted by atomic mass is 10.1. The molecule has 0 aromatic heterocycles. The van der Waals surface area contributed by atoms with Gasteiger partial charge in [-0.05, 0) is 36.2 Å². The fourth-order valence-electron chi connectivity index (χ4n) is 2.66. The summed E-state index contributed by atoms with van der Waals surface area (Å²) in [4.78, 5) is 26.7. The number of hydrogen-bond acceptors (Lipinski definition) is 3. The Morgan fingerprint density at radius 3 is 2.37 bits per heavy atom. The predicted molar refractivity (Wildman–Crippen MR) is 107 cm³/mol. The van der Waals surface area contributed by atoms with Gasteiger partial charge in [0.05, 0.1) is 5.02 Å². The van der Waals surface area contributed by atoms with Crippen molar-refractivity contribution in [3.8, 4) is 5.75 Å². The summed E-state index contributed by atoms with van der Waals surface area (Å²) < 4.78 is 5.57. The standard InChI is InChI=1S/C20H22Cl2N2O3/c1-3-17(20(26)23-2)24(12-14-8-10-15(21)11-9-14)19(25)13-27-18-7-5-4-6-16(18)22/h4-11,17H,3,12-13H2,1-2H3,(H,23,26)/t17-/m0/s1. The van der Waals surface area contributed by atoms with Gasteiger partial charge in [-0.1, -0.05) is 54.4 Å². The molecule has 2 rings (SSSR count). The topological polar surface area (TPSA) is 58.6 Å². The molecule has 0 aliphatic rings. The molecule has 2 aromatic rings. The van der Waals surface area contributed by atoms with Crippen LogP contribution in [0.3, 0.4) is 0 Å². The average molecular weight is 409 g/mol. The lowest BCUT2D eigenvalue weighted by molar-refractivity contribution is -0.142. The van der Waals surface area contributed by atoms with E-state index in [1.165, 1.54) is 4.90 Å². The first-order valence-corrected chi connectivity index (χ1v) is 9.34. The summed E-state index contributed by atoms with van der Waals surface area (Å²) in [5.41, 5.74) is 0.868. The number of likely N-dealkylation sites (N-methyl/N-ethyl adjacent to an activating group) is 1. The van der Waals surface area contributed by atoms with E-state index in [0.717, 1.165) is 5.56 Å². The number of hydrogen-bond donors (Lipinski definition) is 1. The zero-order valence-corrected chi connectivity index (χ0v) is 16.8. The minimum Gasteiger partial charge on any atom is -0.482 e. The fraction of sp³-hybridized carbons (Fsp3) is 0.300. The minimum atomic E-state index is -0.604. The van der Waals surface area contributed by atoms with Gasteiger partial charge in [0.15, 0.2) is 6.61 Å². The molecule has 144 valence electrons. The van der Waals surface area contributed by atoms with Gasteiger partial charge in [0.2, 0.25) is 5.91 Å². The molecular weight excluding hydrogens is 387 g/mol. The lowest BCUT2D eigenvalue weighted by Crippen LogP contribution is -2.49. The van der Waals surface area contributed by atoms with Gasteiger partial charge in [-0.2, -0.15) is 0 Å². The Morgan fingerprint density at radius 2 is 1.78 bits per heavy atom. The van der Waals surface area contributed by atoms with Gasteiger partial charge in [0.25, 0.3) is 5.91 Å². The molecule has 0 unspecified atom stereocenters. The number of rotatable bonds is 8. The van der Waals surface area contributed by atoms with E-state index in [2.05, 4.69) is 5.32 Å². The molecule has 0 aliphatic heterocycles. The van der Waals surface area contributed by atoms with Gasteiger partial charge in [-0.3, -0.25) is 9.59 Å². The maximum Gasteiger partial charge on any atom is 0.261 e. The number of nitrogens with zero attached hydrogens (tertiary/aromatic N) is 1. The molecule has 2 amide bonds. The van der Waals surface area contributed by atoms with E-state index >= 15 is 0 Å². The van der Waals surface area contributed by atoms with Crippen molar-refractivity contribution in [1.29, 1.82) is 0 Å². The van der Waals surface area contributed by atoms with Crippen molar-refractivity contribution in [1.82, 2.24) is 10.2 Å². The molecular formula is C20H22Cl2N2O3. The summed E-state index contributed by atoms with van der Waals surface area (Å²) in [6, 6.07) is 13.5. The first kappa shape index (κ1) is 21.1. The summed E-state index contributed by atoms with van der Waals surface area (Å²) in [6.45, 7) is 1.91. The van der Waals surface area contributed by atoms with E-state index in [1.54, 1.807) is 43.4 Å². The van der Waals surface area contributed by atoms with Crippen LogP contribution in [0.2, 0.25) is 10.0 Å². The highest BCUT2D eigenvalue weighted by molar-refractivity contribution is 6.32. The van der Waals surface area contributed by atoms with Crippen molar-refractivity contribution >= 4 is 35.0 Å². The van der Waals surface area contributed by atoms with Crippen LogP contribution in [0.5, 0.6) is 5.75 Å². The van der Waals surface area contributed by atoms with Gasteiger partial charge >= 0.3 is 0 Å². The predicted octanol–water partition coefficient (Wildman–Crippen LogP) is 3.93. The molecule has 0 heterocycles. The maximum absolute atomic E-state index is 12.9. The summed E-state index contributed by atoms with van der Waals surface area (Å²) in [6.07, 6.45) is 0.477. The number of amides is 2. The minimum absolute atomic E-state index is 0.217. The van der Waals surface area contributed by atoms with Gasteiger partial charge in [0, 0.05) is 18.6 Å². The van der Waals surface area contributed by atoms with Crippen LogP contribution in [-0.4, -0.2) is 36.4 Å². The Kier molecular flexibility index (Phi) is 7.95. The molecule has 7 heteroatoms. The van der Waals surface area contributed by atoms with Crippen molar-refractivity contribution in [3.05, 3.63) is 64.1 Å². The quantitative estimate of drug-likeness (QED) is 0.719. The van der Waals surface area contributed by atoms with Crippen molar-refractivity contribution in [2.75, 3.05) is 13.7 Å². The Balaban J connectivity index is 2.19. The second-order valence-electron chi connectivity index (χ2n) is 5.91. The molecule has 0 bridgehead atoms. The van der Waals surface area contributed by atoms with Crippen LogP contribution in [0, 0.1) is 0 Å². The summed E-state index contributed by atoms with van der Waals surface area (Å²) in [5, 5.41) is 3.65. The zero-order chi connectivity index (χ0) is 19.8. The second kappa shape index (κ2) is 10.2. The molecule has 1 atom stereocenters. The Morgan fingerprint density at radius 1 is 1.11 bits per heavy atom. The molecule has 0 radical (unpaired) electrons. The van der Waals surface area contributed by atoms with Crippen molar-refractivity contribution < 1.29 is 14.3 Å². The monoisotopic (exact) mass is 408 g/mol. The van der Waals surface area contributed by atoms with Crippen molar-refractivity contribution in [3.63, 3.8) is 0 Å². The Hall–Kier alpha value is -2.24. The highest BCUT2D eigenvalue weighted by Gasteiger charge is 2.28. The molecule has 27 heavy (non-hydrogen) atoms. The van der Waals surface area contributed by atoms with E-state index in [-0.39, 0.29) is 25.0 Å². The molecule has 0 fully saturated rings. The third kappa shape index (κ3) is 5.88. The third-order valence-electron chi connectivity index (χ3n) is 4.09. The molecule has 2 aromatic carbocycles. The third-order valence-corrected chi connectivity index (χ3v) is 4.65. The SMILES string of the molecule is CC[C@@H](C(=O)NC)N(Cc1ccc(Cl)cc1)C(=O)COc1ccccc1Cl. The molecule has 0 saturated carbocycles. The lowest BCUT2D eigenvalue weighted by Gasteiger charge is -2.30. The number of halogens is 2. The van der Waals surface area contributed by atoms with E-state index in [1.807, 2.05) is 19.1 Å². The number of carbonyl (C=O) groups is 2. The van der Waals surface area contributed by atoms with Crippen LogP contribution in [-0.2, 0) is 16.1 Å². The highest BCUT2D eigenvalue weighted by atomic mass is 35.5. The number of ether oxygens (including phenoxy) is 1. The number of carbonyl (C=O) groups excluding carboxylic acids is 2. The first-order valence-electron chi connectivity index (χ1n) is 8.59. The van der Waals surface area contributed by atoms with E-state index in [9.17, 15) is 9.59 Å². The summed E-state index contributed by atoms with van der Waals surface area (Å²) in [5.74, 6) is -0.107. The maximum atomic E-state index is 12.9. The Bertz CT molecular complexity index is 781. The second-order valence-corrected chi connectivity index (χ2v) is 6.75. The molecule has 0 saturated heterocycles. The number of benzene rings is 2. The Labute approximate surface area is 169 Å². The van der Waals surface area contributed by atoms with Crippen LogP contribution in [0.4, 0.5) is 0 Å². The highest BCUT2D eigenvalue weighted by Crippen LogP contribution is 2.23. The van der Waals surface area contributed by atoms with E-state index < -0.39 is 6.04 Å². The molecule has 0 aliphatic carbocycles. The zero-order valence-electron chi connectivity index (χ0n) is 15.2. The molecule has 1 N–H and O–H groups in total. The van der Waals surface area contributed by atoms with Gasteiger partial charge in [0.1, 0.15) is 11.8 Å². The van der Waals surface area contributed by atoms with Crippen LogP contribution in [0.15, 0.2) is 48.5 Å². The van der Waals surface area contributed by atoms with Gasteiger partial charge in [-0.15, -0.1) is 0 Å². The van der Waals surface area contributed by atoms with Gasteiger partial charge < -0.3 is 15.0 Å². The van der Waals surface area contributed by atoms with E-state index in [0.29, 0.717) is 22.2 Å². The van der Waals surface area contributed by atoms with Crippen LogP contribution in [0.25, 0.3) is 0 Å². The first-order chi connectivity index (χ1) is 13.0. The molecule has 0 spiro atoms. The summed E-state index contributed by atoms with van der Waals surface area (Å²) in [7, 11) is 1.55. The number of nitrogens with one attached hydrogen (secondary N) is 1. The smallest absolute Gasteiger partial charge is 0.261 e. The van der Waals surface area contributed by atoms with Crippen LogP contribution < -0.4 is 10.1 Å². The molecule has 5 nitrogen and oxygen atoms in total. The van der Waals surface area contributed by atoms with Crippen LogP contribution in [0.1, 0.15) is 18.9 Å². The fourth-order valence-corrected chi connectivity index (χ4v) is 2.97.